The van der Waals surface area contributed by atoms with Gasteiger partial charge in [-0.2, -0.15) is 0 Å². The van der Waals surface area contributed by atoms with Gasteiger partial charge in [0.05, 0.1) is 5.69 Å². The maximum absolute atomic E-state index is 11.0. The number of aromatic carboxylic acids is 1. The number of thiazole rings is 1. The van der Waals surface area contributed by atoms with Crippen molar-refractivity contribution in [2.45, 2.75) is 26.7 Å². The maximum Gasteiger partial charge on any atom is 0.347 e. The fraction of sp³-hybridized carbons (Fsp3) is 0.286. The van der Waals surface area contributed by atoms with Gasteiger partial charge in [-0.25, -0.2) is 9.78 Å². The molecule has 0 saturated heterocycles. The molecule has 0 saturated carbocycles. The first kappa shape index (κ1) is 13.5. The van der Waals surface area contributed by atoms with Gasteiger partial charge in [-0.15, -0.1) is 0 Å². The zero-order chi connectivity index (χ0) is 13.8. The van der Waals surface area contributed by atoms with E-state index < -0.39 is 5.97 Å². The second-order valence-electron chi connectivity index (χ2n) is 4.27. The summed E-state index contributed by atoms with van der Waals surface area (Å²) in [6.45, 7) is 3.84. The van der Waals surface area contributed by atoms with Crippen molar-refractivity contribution in [2.75, 3.05) is 5.32 Å². The highest BCUT2D eigenvalue weighted by molar-refractivity contribution is 7.17. The minimum atomic E-state index is -0.926. The lowest BCUT2D eigenvalue weighted by Gasteiger charge is -2.08. The van der Waals surface area contributed by atoms with Crippen molar-refractivity contribution in [3.8, 4) is 0 Å². The third kappa shape index (κ3) is 3.12. The molecule has 0 spiro atoms. The van der Waals surface area contributed by atoms with Gasteiger partial charge < -0.3 is 10.4 Å². The molecule has 4 nitrogen and oxygen atoms in total. The summed E-state index contributed by atoms with van der Waals surface area (Å²) in [5, 5.41) is 12.9. The van der Waals surface area contributed by atoms with Gasteiger partial charge in [0.2, 0.25) is 0 Å². The number of carbonyl (C=O) groups is 1. The van der Waals surface area contributed by atoms with E-state index in [1.54, 1.807) is 6.92 Å². The average molecular weight is 276 g/mol. The van der Waals surface area contributed by atoms with E-state index in [2.05, 4.69) is 23.3 Å². The first-order valence-electron chi connectivity index (χ1n) is 6.17. The third-order valence-corrected chi connectivity index (χ3v) is 3.83. The van der Waals surface area contributed by atoms with Gasteiger partial charge in [0.25, 0.3) is 0 Å². The zero-order valence-corrected chi connectivity index (χ0v) is 11.8. The molecule has 1 aromatic heterocycles. The third-order valence-electron chi connectivity index (χ3n) is 2.77. The number of hydrogen-bond donors (Lipinski definition) is 2. The number of nitrogens with one attached hydrogen (secondary N) is 1. The number of nitrogens with zero attached hydrogens (tertiary/aromatic N) is 1. The van der Waals surface area contributed by atoms with Crippen molar-refractivity contribution >= 4 is 28.1 Å². The molecule has 0 atom stereocenters. The van der Waals surface area contributed by atoms with E-state index in [0.29, 0.717) is 10.8 Å². The Morgan fingerprint density at radius 1 is 1.42 bits per heavy atom. The molecule has 0 aliphatic rings. The van der Waals surface area contributed by atoms with Gasteiger partial charge in [-0.1, -0.05) is 42.9 Å². The normalized spacial score (nSPS) is 10.4. The molecular weight excluding hydrogens is 260 g/mol. The number of carboxylic acids is 1. The summed E-state index contributed by atoms with van der Waals surface area (Å²) < 4.78 is 0. The summed E-state index contributed by atoms with van der Waals surface area (Å²) >= 11 is 1.17. The van der Waals surface area contributed by atoms with Crippen LogP contribution in [0.3, 0.4) is 0 Å². The van der Waals surface area contributed by atoms with Crippen molar-refractivity contribution in [2.24, 2.45) is 0 Å². The Bertz CT molecular complexity index is 593. The van der Waals surface area contributed by atoms with Gasteiger partial charge in [-0.3, -0.25) is 0 Å². The molecule has 0 aliphatic heterocycles. The predicted octanol–water partition coefficient (Wildman–Crippen LogP) is 3.85. The molecule has 0 bridgehead atoms. The summed E-state index contributed by atoms with van der Waals surface area (Å²) in [6.07, 6.45) is 2.05. The van der Waals surface area contributed by atoms with Crippen molar-refractivity contribution in [1.29, 1.82) is 0 Å². The number of rotatable bonds is 5. The molecule has 5 heteroatoms. The lowest BCUT2D eigenvalue weighted by atomic mass is 10.1. The van der Waals surface area contributed by atoms with E-state index >= 15 is 0 Å². The Labute approximate surface area is 116 Å². The largest absolute Gasteiger partial charge is 0.477 e. The van der Waals surface area contributed by atoms with E-state index in [1.165, 1.54) is 16.9 Å². The molecule has 100 valence electrons. The second-order valence-corrected chi connectivity index (χ2v) is 5.27. The molecular formula is C14H16N2O2S. The van der Waals surface area contributed by atoms with Gasteiger partial charge in [0, 0.05) is 5.69 Å². The lowest BCUT2D eigenvalue weighted by Crippen LogP contribution is -1.95. The molecule has 0 fully saturated rings. The number of hydrogen-bond acceptors (Lipinski definition) is 4. The van der Waals surface area contributed by atoms with Crippen LogP contribution < -0.4 is 5.32 Å². The average Bonchev–Trinajstić information content (AvgIpc) is 2.73. The number of benzene rings is 1. The van der Waals surface area contributed by atoms with Crippen LogP contribution in [0.5, 0.6) is 0 Å². The Kier molecular flexibility index (Phi) is 4.16. The monoisotopic (exact) mass is 276 g/mol. The summed E-state index contributed by atoms with van der Waals surface area (Å²) in [4.78, 5) is 15.5. The van der Waals surface area contributed by atoms with Gasteiger partial charge >= 0.3 is 5.97 Å². The van der Waals surface area contributed by atoms with Crippen molar-refractivity contribution in [3.05, 3.63) is 40.4 Å². The van der Waals surface area contributed by atoms with Crippen molar-refractivity contribution in [1.82, 2.24) is 4.98 Å². The molecule has 2 rings (SSSR count). The fourth-order valence-corrected chi connectivity index (χ4v) is 2.71. The van der Waals surface area contributed by atoms with Gasteiger partial charge in [0.1, 0.15) is 4.88 Å². The number of carboxylic acid groups (broad SMARTS) is 1. The van der Waals surface area contributed by atoms with Crippen LogP contribution >= 0.6 is 11.3 Å². The van der Waals surface area contributed by atoms with E-state index in [9.17, 15) is 4.79 Å². The van der Waals surface area contributed by atoms with Crippen LogP contribution in [0.1, 0.15) is 34.3 Å². The first-order chi connectivity index (χ1) is 9.11. The second kappa shape index (κ2) is 5.84. The molecule has 0 aliphatic carbocycles. The zero-order valence-electron chi connectivity index (χ0n) is 10.9. The first-order valence-corrected chi connectivity index (χ1v) is 6.99. The van der Waals surface area contributed by atoms with Crippen molar-refractivity contribution in [3.63, 3.8) is 0 Å². The van der Waals surface area contributed by atoms with Crippen LogP contribution in [0.4, 0.5) is 10.8 Å². The van der Waals surface area contributed by atoms with Crippen LogP contribution in [-0.2, 0) is 6.42 Å². The number of para-hydroxylation sites is 1. The van der Waals surface area contributed by atoms with Crippen LogP contribution in [0, 0.1) is 6.92 Å². The molecule has 0 radical (unpaired) electrons. The van der Waals surface area contributed by atoms with Crippen molar-refractivity contribution < 1.29 is 9.90 Å². The topological polar surface area (TPSA) is 62.2 Å². The molecule has 2 N–H and O–H groups in total. The minimum Gasteiger partial charge on any atom is -0.477 e. The van der Waals surface area contributed by atoms with E-state index in [-0.39, 0.29) is 4.88 Å². The fourth-order valence-electron chi connectivity index (χ4n) is 1.89. The smallest absolute Gasteiger partial charge is 0.347 e. The van der Waals surface area contributed by atoms with Crippen LogP contribution in [0.25, 0.3) is 0 Å². The summed E-state index contributed by atoms with van der Waals surface area (Å²) in [7, 11) is 0. The summed E-state index contributed by atoms with van der Waals surface area (Å²) in [6, 6.07) is 8.03. The molecule has 0 unspecified atom stereocenters. The van der Waals surface area contributed by atoms with Gasteiger partial charge in [0.15, 0.2) is 5.13 Å². The number of aromatic nitrogens is 1. The van der Waals surface area contributed by atoms with Crippen LogP contribution in [-0.4, -0.2) is 16.1 Å². The molecule has 0 amide bonds. The molecule has 2 aromatic rings. The van der Waals surface area contributed by atoms with Crippen LogP contribution in [0.2, 0.25) is 0 Å². The number of anilines is 2. The predicted molar refractivity (Wildman–Crippen MR) is 77.5 cm³/mol. The van der Waals surface area contributed by atoms with E-state index in [4.69, 9.17) is 5.11 Å². The summed E-state index contributed by atoms with van der Waals surface area (Å²) in [5.74, 6) is -0.926. The molecule has 1 heterocycles. The highest BCUT2D eigenvalue weighted by atomic mass is 32.1. The Morgan fingerprint density at radius 2 is 2.16 bits per heavy atom. The van der Waals surface area contributed by atoms with E-state index in [1.807, 2.05) is 18.2 Å². The number of aryl methyl sites for hydroxylation is 2. The Hall–Kier alpha value is -1.88. The highest BCUT2D eigenvalue weighted by Gasteiger charge is 2.14. The highest BCUT2D eigenvalue weighted by Crippen LogP contribution is 2.27. The summed E-state index contributed by atoms with van der Waals surface area (Å²) in [5.41, 5.74) is 2.76. The Balaban J connectivity index is 2.26. The Morgan fingerprint density at radius 3 is 2.79 bits per heavy atom. The van der Waals surface area contributed by atoms with Crippen LogP contribution in [0.15, 0.2) is 24.3 Å². The SMILES string of the molecule is CCCc1ccccc1Nc1nc(C)c(C(=O)O)s1. The van der Waals surface area contributed by atoms with E-state index in [0.717, 1.165) is 18.5 Å². The lowest BCUT2D eigenvalue weighted by molar-refractivity contribution is 0.0701. The molecule has 19 heavy (non-hydrogen) atoms. The van der Waals surface area contributed by atoms with Gasteiger partial charge in [-0.05, 0) is 25.0 Å². The standard InChI is InChI=1S/C14H16N2O2S/c1-3-6-10-7-4-5-8-11(10)16-14-15-9(2)12(19-14)13(17)18/h4-5,7-8H,3,6H2,1-2H3,(H,15,16)(H,17,18). The minimum absolute atomic E-state index is 0.287. The maximum atomic E-state index is 11.0. The molecule has 1 aromatic carbocycles. The quantitative estimate of drug-likeness (QED) is 0.870.